The zero-order valence-electron chi connectivity index (χ0n) is 24.6. The number of rotatable bonds is 7. The van der Waals surface area contributed by atoms with Crippen LogP contribution in [0.1, 0.15) is 79.6 Å². The predicted octanol–water partition coefficient (Wildman–Crippen LogP) is 4.96. The summed E-state index contributed by atoms with van der Waals surface area (Å²) in [6.07, 6.45) is 6.46. The Kier molecular flexibility index (Phi) is 7.06. The zero-order valence-corrected chi connectivity index (χ0v) is 24.6. The van der Waals surface area contributed by atoms with E-state index >= 15 is 0 Å². The normalized spacial score (nSPS) is 25.0. The molecule has 9 heteroatoms. The van der Waals surface area contributed by atoms with Gasteiger partial charge in [0.05, 0.1) is 11.4 Å². The first kappa shape index (κ1) is 27.4. The number of pyridine rings is 1. The molecular formula is C32H40N8O. The standard InChI is InChI=1S/C32H40N8O/c1-21-8-7-11-40(17-21)18-22-12-26(37-29-28(22)34-19-31(29,2)3)30(41)36-24-10-6-9-23(13-24)32(14-25(15-32)33-4)16-27-38-35-20-39(27)5/h6,9-10,12-13,20-21,25,34H,7-8,11,14-19H2,1-3,5H3,(H,36,41)/t21-,25?,32?/m0/s1. The topological polar surface area (TPSA) is 92.3 Å². The number of hydrogen-bond acceptors (Lipinski definition) is 6. The molecular weight excluding hydrogens is 512 g/mol. The molecule has 0 spiro atoms. The minimum atomic E-state index is -0.198. The average molecular weight is 553 g/mol. The maximum Gasteiger partial charge on any atom is 0.274 e. The van der Waals surface area contributed by atoms with E-state index in [0.717, 1.165) is 73.0 Å². The Balaban J connectivity index is 1.26. The lowest BCUT2D eigenvalue weighted by Crippen LogP contribution is -2.45. The highest BCUT2D eigenvalue weighted by atomic mass is 16.1. The summed E-state index contributed by atoms with van der Waals surface area (Å²) >= 11 is 0. The number of nitrogens with one attached hydrogen (secondary N) is 2. The van der Waals surface area contributed by atoms with Crippen LogP contribution >= 0.6 is 0 Å². The van der Waals surface area contributed by atoms with Gasteiger partial charge in [0.15, 0.2) is 0 Å². The molecule has 1 amide bonds. The van der Waals surface area contributed by atoms with Gasteiger partial charge in [-0.15, -0.1) is 10.2 Å². The third-order valence-electron chi connectivity index (χ3n) is 9.29. The van der Waals surface area contributed by atoms with Gasteiger partial charge in [0.1, 0.15) is 17.8 Å². The molecule has 9 nitrogen and oxygen atoms in total. The first-order chi connectivity index (χ1) is 19.7. The van der Waals surface area contributed by atoms with Crippen LogP contribution in [-0.2, 0) is 30.8 Å². The van der Waals surface area contributed by atoms with E-state index in [2.05, 4.69) is 63.5 Å². The lowest BCUT2D eigenvalue weighted by molar-refractivity contribution is 0.102. The Morgan fingerprint density at radius 2 is 2.10 bits per heavy atom. The highest BCUT2D eigenvalue weighted by Gasteiger charge is 2.50. The van der Waals surface area contributed by atoms with Crippen molar-refractivity contribution < 1.29 is 4.79 Å². The minimum absolute atomic E-state index is 0.00960. The average Bonchev–Trinajstić information content (AvgIpc) is 3.47. The summed E-state index contributed by atoms with van der Waals surface area (Å²) in [4.78, 5) is 24.9. The summed E-state index contributed by atoms with van der Waals surface area (Å²) in [5.41, 5.74) is 5.18. The van der Waals surface area contributed by atoms with Crippen molar-refractivity contribution in [3.05, 3.63) is 76.4 Å². The van der Waals surface area contributed by atoms with E-state index in [1.807, 2.05) is 29.8 Å². The highest BCUT2D eigenvalue weighted by molar-refractivity contribution is 6.03. The van der Waals surface area contributed by atoms with Gasteiger partial charge in [-0.3, -0.25) is 9.69 Å². The molecule has 0 bridgehead atoms. The molecule has 2 aromatic heterocycles. The third kappa shape index (κ3) is 5.33. The molecule has 1 atom stereocenters. The second-order valence-corrected chi connectivity index (χ2v) is 13.2. The molecule has 0 radical (unpaired) electrons. The van der Waals surface area contributed by atoms with Gasteiger partial charge in [0, 0.05) is 62.5 Å². The highest BCUT2D eigenvalue weighted by Crippen LogP contribution is 2.48. The van der Waals surface area contributed by atoms with Crippen LogP contribution in [0.15, 0.2) is 36.7 Å². The van der Waals surface area contributed by atoms with Crippen molar-refractivity contribution in [2.45, 2.75) is 76.3 Å². The van der Waals surface area contributed by atoms with Crippen molar-refractivity contribution in [3.8, 4) is 0 Å². The fourth-order valence-corrected chi connectivity index (χ4v) is 6.90. The number of piperidine rings is 1. The summed E-state index contributed by atoms with van der Waals surface area (Å²) in [7, 11) is 1.95. The summed E-state index contributed by atoms with van der Waals surface area (Å²) in [5.74, 6) is 1.39. The number of aryl methyl sites for hydroxylation is 1. The molecule has 3 aliphatic rings. The zero-order chi connectivity index (χ0) is 28.8. The molecule has 2 N–H and O–H groups in total. The molecule has 6 rings (SSSR count). The van der Waals surface area contributed by atoms with Crippen molar-refractivity contribution in [3.63, 3.8) is 0 Å². The lowest BCUT2D eigenvalue weighted by atomic mass is 9.60. The van der Waals surface area contributed by atoms with Crippen LogP contribution in [0.4, 0.5) is 11.4 Å². The van der Waals surface area contributed by atoms with Crippen molar-refractivity contribution in [1.82, 2.24) is 24.6 Å². The predicted molar refractivity (Wildman–Crippen MR) is 160 cm³/mol. The van der Waals surface area contributed by atoms with Gasteiger partial charge in [-0.1, -0.05) is 32.9 Å². The Hall–Kier alpha value is -3.77. The van der Waals surface area contributed by atoms with E-state index in [9.17, 15) is 4.79 Å². The van der Waals surface area contributed by atoms with Gasteiger partial charge in [-0.25, -0.2) is 11.6 Å². The monoisotopic (exact) mass is 552 g/mol. The van der Waals surface area contributed by atoms with Gasteiger partial charge in [0.2, 0.25) is 6.04 Å². The van der Waals surface area contributed by atoms with Crippen molar-refractivity contribution >= 4 is 17.3 Å². The Bertz CT molecular complexity index is 1500. The van der Waals surface area contributed by atoms with Crippen LogP contribution in [0.25, 0.3) is 4.85 Å². The van der Waals surface area contributed by atoms with Crippen molar-refractivity contribution in [1.29, 1.82) is 0 Å². The van der Waals surface area contributed by atoms with Gasteiger partial charge in [-0.2, -0.15) is 0 Å². The number of amides is 1. The van der Waals surface area contributed by atoms with Crippen LogP contribution in [0.2, 0.25) is 0 Å². The maximum atomic E-state index is 13.7. The van der Waals surface area contributed by atoms with Crippen LogP contribution in [0.3, 0.4) is 0 Å². The minimum Gasteiger partial charge on any atom is -0.382 e. The molecule has 3 aromatic rings. The quantitative estimate of drug-likeness (QED) is 0.403. The number of anilines is 2. The summed E-state index contributed by atoms with van der Waals surface area (Å²) in [6.45, 7) is 18.0. The second kappa shape index (κ2) is 10.6. The Morgan fingerprint density at radius 1 is 1.27 bits per heavy atom. The molecule has 1 saturated carbocycles. The number of aromatic nitrogens is 4. The number of carbonyl (C=O) groups is 1. The van der Waals surface area contributed by atoms with Crippen LogP contribution < -0.4 is 10.6 Å². The Morgan fingerprint density at radius 3 is 2.83 bits per heavy atom. The molecule has 1 saturated heterocycles. The van der Waals surface area contributed by atoms with Gasteiger partial charge < -0.3 is 20.0 Å². The van der Waals surface area contributed by atoms with Crippen LogP contribution in [-0.4, -0.2) is 56.2 Å². The number of carbonyl (C=O) groups excluding carboxylic acids is 1. The Labute approximate surface area is 242 Å². The number of fused-ring (bicyclic) bond motifs is 1. The summed E-state index contributed by atoms with van der Waals surface area (Å²) in [5, 5.41) is 15.1. The lowest BCUT2D eigenvalue weighted by Gasteiger charge is -2.42. The first-order valence-electron chi connectivity index (χ1n) is 14.8. The molecule has 214 valence electrons. The number of benzene rings is 1. The summed E-state index contributed by atoms with van der Waals surface area (Å²) in [6, 6.07) is 10.1. The van der Waals surface area contributed by atoms with E-state index in [0.29, 0.717) is 18.0 Å². The van der Waals surface area contributed by atoms with E-state index in [4.69, 9.17) is 11.6 Å². The largest absolute Gasteiger partial charge is 0.382 e. The number of nitrogens with zero attached hydrogens (tertiary/aromatic N) is 6. The van der Waals surface area contributed by atoms with E-state index < -0.39 is 0 Å². The third-order valence-corrected chi connectivity index (χ3v) is 9.29. The van der Waals surface area contributed by atoms with Crippen LogP contribution in [0.5, 0.6) is 0 Å². The summed E-state index contributed by atoms with van der Waals surface area (Å²) < 4.78 is 1.94. The fraction of sp³-hybridized carbons (Fsp3) is 0.531. The smallest absolute Gasteiger partial charge is 0.274 e. The van der Waals surface area contributed by atoms with Crippen LogP contribution in [0, 0.1) is 12.5 Å². The van der Waals surface area contributed by atoms with E-state index in [-0.39, 0.29) is 22.8 Å². The molecule has 2 fully saturated rings. The van der Waals surface area contributed by atoms with E-state index in [1.54, 1.807) is 6.33 Å². The molecule has 0 unspecified atom stereocenters. The first-order valence-corrected chi connectivity index (χ1v) is 14.8. The van der Waals surface area contributed by atoms with Crippen molar-refractivity contribution in [2.75, 3.05) is 30.3 Å². The SMILES string of the molecule is [C-]#[N+]C1CC(Cc2nncn2C)(c2cccc(NC(=O)c3cc(CN4CCC[C@H](C)C4)c4c(n3)C(C)(C)CN4)c2)C1. The molecule has 4 heterocycles. The fourth-order valence-electron chi connectivity index (χ4n) is 6.90. The van der Waals surface area contributed by atoms with Gasteiger partial charge in [-0.05, 0) is 54.6 Å². The molecule has 1 aliphatic carbocycles. The second-order valence-electron chi connectivity index (χ2n) is 13.2. The number of hydrogen-bond donors (Lipinski definition) is 2. The van der Waals surface area contributed by atoms with E-state index in [1.165, 1.54) is 12.8 Å². The van der Waals surface area contributed by atoms with Gasteiger partial charge in [0.25, 0.3) is 5.91 Å². The molecule has 2 aliphatic heterocycles. The van der Waals surface area contributed by atoms with Crippen molar-refractivity contribution in [2.24, 2.45) is 13.0 Å². The number of likely N-dealkylation sites (tertiary alicyclic amines) is 1. The van der Waals surface area contributed by atoms with Gasteiger partial charge >= 0.3 is 0 Å². The maximum absolute atomic E-state index is 13.7. The molecule has 41 heavy (non-hydrogen) atoms. The molecule has 1 aromatic carbocycles.